The molecule has 0 bridgehead atoms. The van der Waals surface area contributed by atoms with Crippen LogP contribution in [0.4, 0.5) is 13.2 Å². The molecule has 1 atom stereocenters. The number of hydrogen-bond acceptors (Lipinski definition) is 5. The molecular formula is C5H6F3NO3S. The van der Waals surface area contributed by atoms with E-state index >= 15 is 0 Å². The lowest BCUT2D eigenvalue weighted by atomic mass is 10.4. The van der Waals surface area contributed by atoms with Crippen molar-refractivity contribution in [2.75, 3.05) is 5.75 Å². The van der Waals surface area contributed by atoms with Gasteiger partial charge < -0.3 is 10.5 Å². The summed E-state index contributed by atoms with van der Waals surface area (Å²) in [5.74, 6) is -4.23. The lowest BCUT2D eigenvalue weighted by Gasteiger charge is -2.08. The molecule has 0 saturated carbocycles. The number of thiol groups is 1. The normalized spacial score (nSPS) is 13.6. The van der Waals surface area contributed by atoms with Gasteiger partial charge in [0, 0.05) is 5.75 Å². The number of ether oxygens (including phenoxy) is 1. The Bertz CT molecular complexity index is 218. The molecule has 0 aromatic heterocycles. The summed E-state index contributed by atoms with van der Waals surface area (Å²) in [6.07, 6.45) is -5.19. The van der Waals surface area contributed by atoms with Crippen molar-refractivity contribution >= 4 is 24.6 Å². The first-order chi connectivity index (χ1) is 5.79. The summed E-state index contributed by atoms with van der Waals surface area (Å²) >= 11 is 3.53. The Balaban J connectivity index is 4.16. The largest absolute Gasteiger partial charge is 0.491 e. The zero-order valence-electron chi connectivity index (χ0n) is 6.17. The zero-order valence-corrected chi connectivity index (χ0v) is 7.06. The third kappa shape index (κ3) is 4.13. The Morgan fingerprint density at radius 3 is 2.23 bits per heavy atom. The van der Waals surface area contributed by atoms with Crippen LogP contribution in [-0.4, -0.2) is 29.9 Å². The summed E-state index contributed by atoms with van der Waals surface area (Å²) in [7, 11) is 0. The van der Waals surface area contributed by atoms with Crippen molar-refractivity contribution in [3.8, 4) is 0 Å². The maximum absolute atomic E-state index is 11.5. The van der Waals surface area contributed by atoms with E-state index in [1.54, 1.807) is 0 Å². The predicted octanol–water partition coefficient (Wildman–Crippen LogP) is -0.124. The second-order valence-electron chi connectivity index (χ2n) is 2.00. The monoisotopic (exact) mass is 217 g/mol. The van der Waals surface area contributed by atoms with E-state index in [0.29, 0.717) is 0 Å². The fourth-order valence-corrected chi connectivity index (χ4v) is 0.449. The summed E-state index contributed by atoms with van der Waals surface area (Å²) in [5, 5.41) is 0. The van der Waals surface area contributed by atoms with Crippen molar-refractivity contribution in [1.29, 1.82) is 0 Å². The van der Waals surface area contributed by atoms with Gasteiger partial charge >= 0.3 is 18.1 Å². The van der Waals surface area contributed by atoms with E-state index in [2.05, 4.69) is 17.4 Å². The fraction of sp³-hybridized carbons (Fsp3) is 0.600. The third-order valence-corrected chi connectivity index (χ3v) is 1.32. The number of halogens is 3. The first kappa shape index (κ1) is 12.2. The summed E-state index contributed by atoms with van der Waals surface area (Å²) in [4.78, 5) is 20.6. The standard InChI is InChI=1S/C5H6F3NO3S/c6-5(7,8)4(11)12-3(10)2(9)1-13/h2,13H,1,9H2/t2-/m0/s1. The van der Waals surface area contributed by atoms with E-state index in [-0.39, 0.29) is 5.75 Å². The number of esters is 2. The number of hydrogen-bond donors (Lipinski definition) is 2. The Hall–Kier alpha value is -0.760. The first-order valence-electron chi connectivity index (χ1n) is 2.98. The van der Waals surface area contributed by atoms with Gasteiger partial charge in [-0.05, 0) is 0 Å². The van der Waals surface area contributed by atoms with Crippen LogP contribution in [0.15, 0.2) is 0 Å². The highest BCUT2D eigenvalue weighted by atomic mass is 32.1. The van der Waals surface area contributed by atoms with E-state index in [9.17, 15) is 22.8 Å². The molecule has 0 aromatic rings. The summed E-state index contributed by atoms with van der Waals surface area (Å²) in [5.41, 5.74) is 4.94. The molecule has 0 aliphatic carbocycles. The number of carbonyl (C=O) groups is 2. The topological polar surface area (TPSA) is 69.4 Å². The van der Waals surface area contributed by atoms with Gasteiger partial charge in [0.25, 0.3) is 0 Å². The minimum atomic E-state index is -5.19. The number of carbonyl (C=O) groups excluding carboxylic acids is 2. The average Bonchev–Trinajstić information content (AvgIpc) is 2.01. The molecule has 0 saturated heterocycles. The fourth-order valence-electron chi connectivity index (χ4n) is 0.299. The van der Waals surface area contributed by atoms with Gasteiger partial charge in [0.15, 0.2) is 0 Å². The maximum atomic E-state index is 11.5. The molecule has 0 spiro atoms. The lowest BCUT2D eigenvalue weighted by Crippen LogP contribution is -2.38. The minimum Gasteiger partial charge on any atom is -0.385 e. The molecule has 76 valence electrons. The van der Waals surface area contributed by atoms with Crippen molar-refractivity contribution in [1.82, 2.24) is 0 Å². The van der Waals surface area contributed by atoms with Gasteiger partial charge in [0.1, 0.15) is 6.04 Å². The molecule has 0 aliphatic heterocycles. The van der Waals surface area contributed by atoms with Crippen LogP contribution in [0.2, 0.25) is 0 Å². The van der Waals surface area contributed by atoms with Crippen LogP contribution >= 0.6 is 12.6 Å². The van der Waals surface area contributed by atoms with Crippen molar-refractivity contribution in [3.05, 3.63) is 0 Å². The quantitative estimate of drug-likeness (QED) is 0.384. The Morgan fingerprint density at radius 2 is 1.92 bits per heavy atom. The minimum absolute atomic E-state index is 0.204. The van der Waals surface area contributed by atoms with E-state index in [1.807, 2.05) is 0 Å². The second kappa shape index (κ2) is 4.47. The summed E-state index contributed by atoms with van der Waals surface area (Å²) in [6, 6.07) is -1.34. The molecule has 0 unspecified atom stereocenters. The summed E-state index contributed by atoms with van der Waals surface area (Å²) in [6.45, 7) is 0. The van der Waals surface area contributed by atoms with Gasteiger partial charge in [-0.2, -0.15) is 25.8 Å². The van der Waals surface area contributed by atoms with Gasteiger partial charge in [-0.3, -0.25) is 0 Å². The van der Waals surface area contributed by atoms with Crippen LogP contribution < -0.4 is 5.73 Å². The molecule has 2 N–H and O–H groups in total. The molecule has 0 aliphatic rings. The maximum Gasteiger partial charge on any atom is 0.491 e. The molecule has 0 amide bonds. The second-order valence-corrected chi connectivity index (χ2v) is 2.36. The van der Waals surface area contributed by atoms with Gasteiger partial charge in [0.05, 0.1) is 0 Å². The Morgan fingerprint density at radius 1 is 1.46 bits per heavy atom. The number of nitrogens with two attached hydrogens (primary N) is 1. The van der Waals surface area contributed by atoms with Crippen molar-refractivity contribution < 1.29 is 27.5 Å². The Kier molecular flexibility index (Phi) is 4.21. The van der Waals surface area contributed by atoms with E-state index < -0.39 is 24.2 Å². The van der Waals surface area contributed by atoms with Crippen molar-refractivity contribution in [3.63, 3.8) is 0 Å². The molecule has 4 nitrogen and oxygen atoms in total. The van der Waals surface area contributed by atoms with Crippen molar-refractivity contribution in [2.45, 2.75) is 12.2 Å². The van der Waals surface area contributed by atoms with Crippen LogP contribution in [0.1, 0.15) is 0 Å². The van der Waals surface area contributed by atoms with E-state index in [1.165, 1.54) is 0 Å². The van der Waals surface area contributed by atoms with Gasteiger partial charge in [-0.25, -0.2) is 9.59 Å². The van der Waals surface area contributed by atoms with Gasteiger partial charge in [-0.15, -0.1) is 0 Å². The highest BCUT2D eigenvalue weighted by Crippen LogP contribution is 2.16. The molecule has 0 aromatic carbocycles. The first-order valence-corrected chi connectivity index (χ1v) is 3.61. The highest BCUT2D eigenvalue weighted by Gasteiger charge is 2.42. The number of alkyl halides is 3. The van der Waals surface area contributed by atoms with Crippen LogP contribution in [0.5, 0.6) is 0 Å². The molecule has 8 heteroatoms. The van der Waals surface area contributed by atoms with E-state index in [4.69, 9.17) is 5.73 Å². The SMILES string of the molecule is N[C@@H](CS)C(=O)OC(=O)C(F)(F)F. The zero-order chi connectivity index (χ0) is 10.6. The van der Waals surface area contributed by atoms with Crippen LogP contribution in [-0.2, 0) is 14.3 Å². The number of rotatable bonds is 2. The van der Waals surface area contributed by atoms with Gasteiger partial charge in [0.2, 0.25) is 0 Å². The smallest absolute Gasteiger partial charge is 0.385 e. The predicted molar refractivity (Wildman–Crippen MR) is 39.0 cm³/mol. The average molecular weight is 217 g/mol. The molecule has 0 radical (unpaired) electrons. The third-order valence-electron chi connectivity index (χ3n) is 0.924. The summed E-state index contributed by atoms with van der Waals surface area (Å²) < 4.78 is 37.9. The van der Waals surface area contributed by atoms with E-state index in [0.717, 1.165) is 0 Å². The van der Waals surface area contributed by atoms with Crippen LogP contribution in [0.3, 0.4) is 0 Å². The van der Waals surface area contributed by atoms with Crippen LogP contribution in [0.25, 0.3) is 0 Å². The highest BCUT2D eigenvalue weighted by molar-refractivity contribution is 7.80. The lowest BCUT2D eigenvalue weighted by molar-refractivity contribution is -0.202. The molecule has 0 heterocycles. The van der Waals surface area contributed by atoms with Gasteiger partial charge in [-0.1, -0.05) is 0 Å². The molecule has 0 rings (SSSR count). The van der Waals surface area contributed by atoms with Crippen molar-refractivity contribution in [2.24, 2.45) is 5.73 Å². The molecule has 0 fully saturated rings. The van der Waals surface area contributed by atoms with Crippen LogP contribution in [0, 0.1) is 0 Å². The molecular weight excluding hydrogens is 211 g/mol. The molecule has 13 heavy (non-hydrogen) atoms. The Labute approximate surface area is 76.6 Å².